The van der Waals surface area contributed by atoms with Gasteiger partial charge in [-0.05, 0) is 24.3 Å². The van der Waals surface area contributed by atoms with Crippen LogP contribution < -0.4 is 10.5 Å². The minimum atomic E-state index is -0.465. The lowest BCUT2D eigenvalue weighted by atomic mass is 10.2. The molecule has 0 saturated heterocycles. The average Bonchev–Trinajstić information content (AvgIpc) is 2.34. The molecule has 2 aromatic carbocycles. The molecule has 5 heteroatoms. The zero-order chi connectivity index (χ0) is 13.1. The predicted octanol–water partition coefficient (Wildman–Crippen LogP) is 4.49. The van der Waals surface area contributed by atoms with E-state index >= 15 is 0 Å². The Morgan fingerprint density at radius 3 is 2.72 bits per heavy atom. The summed E-state index contributed by atoms with van der Waals surface area (Å²) in [5.74, 6) is 0.0381. The van der Waals surface area contributed by atoms with Crippen LogP contribution in [0.5, 0.6) is 11.5 Å². The Balaban J connectivity index is 2.39. The van der Waals surface area contributed by atoms with E-state index in [1.165, 1.54) is 12.1 Å². The average molecular weight is 331 g/mol. The molecule has 18 heavy (non-hydrogen) atoms. The second-order valence-corrected chi connectivity index (χ2v) is 4.93. The van der Waals surface area contributed by atoms with Gasteiger partial charge < -0.3 is 10.5 Å². The standard InChI is InChI=1S/C13H10BrClFNO/c14-9-4-5-12(11(16)6-9)18-13-8(7-17)2-1-3-10(13)15/h1-6H,7,17H2. The zero-order valence-corrected chi connectivity index (χ0v) is 11.6. The largest absolute Gasteiger partial charge is 0.452 e. The summed E-state index contributed by atoms with van der Waals surface area (Å²) in [7, 11) is 0. The van der Waals surface area contributed by atoms with Crippen molar-refractivity contribution in [3.8, 4) is 11.5 Å². The topological polar surface area (TPSA) is 35.2 Å². The van der Waals surface area contributed by atoms with E-state index in [1.54, 1.807) is 24.3 Å². The molecular formula is C13H10BrClFNO. The maximum atomic E-state index is 13.7. The SMILES string of the molecule is NCc1cccc(Cl)c1Oc1ccc(Br)cc1F. The van der Waals surface area contributed by atoms with Crippen molar-refractivity contribution in [1.29, 1.82) is 0 Å². The molecule has 2 N–H and O–H groups in total. The van der Waals surface area contributed by atoms with Crippen LogP contribution in [-0.4, -0.2) is 0 Å². The Bertz CT molecular complexity index is 577. The summed E-state index contributed by atoms with van der Waals surface area (Å²) >= 11 is 9.21. The van der Waals surface area contributed by atoms with Crippen molar-refractivity contribution in [2.24, 2.45) is 5.73 Å². The van der Waals surface area contributed by atoms with Crippen molar-refractivity contribution < 1.29 is 9.13 Å². The van der Waals surface area contributed by atoms with Crippen LogP contribution in [0, 0.1) is 5.82 Å². The molecule has 0 bridgehead atoms. The van der Waals surface area contributed by atoms with E-state index in [-0.39, 0.29) is 12.3 Å². The minimum Gasteiger partial charge on any atom is -0.452 e. The molecule has 2 rings (SSSR count). The molecule has 94 valence electrons. The summed E-state index contributed by atoms with van der Waals surface area (Å²) in [4.78, 5) is 0. The van der Waals surface area contributed by atoms with E-state index in [1.807, 2.05) is 0 Å². The molecular weight excluding hydrogens is 321 g/mol. The quantitative estimate of drug-likeness (QED) is 0.899. The van der Waals surface area contributed by atoms with E-state index in [9.17, 15) is 4.39 Å². The van der Waals surface area contributed by atoms with Gasteiger partial charge in [0.2, 0.25) is 0 Å². The summed E-state index contributed by atoms with van der Waals surface area (Å²) in [6, 6.07) is 9.79. The highest BCUT2D eigenvalue weighted by atomic mass is 79.9. The highest BCUT2D eigenvalue weighted by molar-refractivity contribution is 9.10. The van der Waals surface area contributed by atoms with Gasteiger partial charge in [0, 0.05) is 16.6 Å². The van der Waals surface area contributed by atoms with E-state index < -0.39 is 5.82 Å². The molecule has 2 aromatic rings. The lowest BCUT2D eigenvalue weighted by molar-refractivity contribution is 0.438. The van der Waals surface area contributed by atoms with Crippen LogP contribution in [0.25, 0.3) is 0 Å². The summed E-state index contributed by atoms with van der Waals surface area (Å²) in [6.07, 6.45) is 0. The van der Waals surface area contributed by atoms with E-state index in [2.05, 4.69) is 15.9 Å². The zero-order valence-electron chi connectivity index (χ0n) is 9.29. The molecule has 0 aromatic heterocycles. The second-order valence-electron chi connectivity index (χ2n) is 3.61. The van der Waals surface area contributed by atoms with Crippen molar-refractivity contribution in [2.75, 3.05) is 0 Å². The molecule has 0 aliphatic heterocycles. The number of hydrogen-bond acceptors (Lipinski definition) is 2. The lowest BCUT2D eigenvalue weighted by Gasteiger charge is -2.12. The number of hydrogen-bond donors (Lipinski definition) is 1. The Hall–Kier alpha value is -1.10. The van der Waals surface area contributed by atoms with Gasteiger partial charge in [-0.25, -0.2) is 4.39 Å². The monoisotopic (exact) mass is 329 g/mol. The fourth-order valence-electron chi connectivity index (χ4n) is 1.50. The molecule has 0 amide bonds. The van der Waals surface area contributed by atoms with Crippen LogP contribution in [0.4, 0.5) is 4.39 Å². The van der Waals surface area contributed by atoms with Crippen molar-refractivity contribution in [3.63, 3.8) is 0 Å². The highest BCUT2D eigenvalue weighted by Gasteiger charge is 2.11. The molecule has 0 fully saturated rings. The molecule has 0 aliphatic rings. The van der Waals surface area contributed by atoms with Gasteiger partial charge in [-0.2, -0.15) is 0 Å². The number of rotatable bonds is 3. The molecule has 0 unspecified atom stereocenters. The van der Waals surface area contributed by atoms with E-state index in [0.29, 0.717) is 15.2 Å². The summed E-state index contributed by atoms with van der Waals surface area (Å²) in [6.45, 7) is 0.272. The molecule has 0 spiro atoms. The third-order valence-electron chi connectivity index (χ3n) is 2.37. The van der Waals surface area contributed by atoms with Gasteiger partial charge in [0.05, 0.1) is 5.02 Å². The first-order valence-corrected chi connectivity index (χ1v) is 6.39. The first-order chi connectivity index (χ1) is 8.61. The molecule has 0 atom stereocenters. The first-order valence-electron chi connectivity index (χ1n) is 5.22. The van der Waals surface area contributed by atoms with Crippen LogP contribution in [0.15, 0.2) is 40.9 Å². The number of benzene rings is 2. The summed E-state index contributed by atoms with van der Waals surface area (Å²) in [5, 5.41) is 0.403. The summed E-state index contributed by atoms with van der Waals surface area (Å²) in [5.41, 5.74) is 6.32. The van der Waals surface area contributed by atoms with Gasteiger partial charge in [0.25, 0.3) is 0 Å². The first kappa shape index (κ1) is 13.3. The third kappa shape index (κ3) is 2.83. The molecule has 0 radical (unpaired) electrons. The summed E-state index contributed by atoms with van der Waals surface area (Å²) < 4.78 is 19.8. The van der Waals surface area contributed by atoms with Crippen molar-refractivity contribution >= 4 is 27.5 Å². The highest BCUT2D eigenvalue weighted by Crippen LogP contribution is 2.34. The van der Waals surface area contributed by atoms with Crippen LogP contribution in [0.2, 0.25) is 5.02 Å². The van der Waals surface area contributed by atoms with Gasteiger partial charge in [0.15, 0.2) is 17.3 Å². The second kappa shape index (κ2) is 5.69. The van der Waals surface area contributed by atoms with Crippen LogP contribution in [-0.2, 0) is 6.54 Å². The fourth-order valence-corrected chi connectivity index (χ4v) is 2.06. The van der Waals surface area contributed by atoms with Gasteiger partial charge in [-0.3, -0.25) is 0 Å². The predicted molar refractivity (Wildman–Crippen MR) is 73.5 cm³/mol. The maximum absolute atomic E-state index is 13.7. The number of halogens is 3. The Labute approximate surface area is 118 Å². The molecule has 0 saturated carbocycles. The van der Waals surface area contributed by atoms with Gasteiger partial charge in [-0.15, -0.1) is 0 Å². The Morgan fingerprint density at radius 2 is 2.06 bits per heavy atom. The lowest BCUT2D eigenvalue weighted by Crippen LogP contribution is -2.00. The number of para-hydroxylation sites is 1. The fraction of sp³-hybridized carbons (Fsp3) is 0.0769. The maximum Gasteiger partial charge on any atom is 0.166 e. The molecule has 0 heterocycles. The van der Waals surface area contributed by atoms with Crippen LogP contribution >= 0.6 is 27.5 Å². The van der Waals surface area contributed by atoms with Crippen molar-refractivity contribution in [3.05, 3.63) is 57.3 Å². The van der Waals surface area contributed by atoms with Gasteiger partial charge in [-0.1, -0.05) is 39.7 Å². The number of nitrogens with two attached hydrogens (primary N) is 1. The Kier molecular flexibility index (Phi) is 4.22. The normalized spacial score (nSPS) is 10.4. The van der Waals surface area contributed by atoms with Crippen molar-refractivity contribution in [1.82, 2.24) is 0 Å². The smallest absolute Gasteiger partial charge is 0.166 e. The number of ether oxygens (including phenoxy) is 1. The van der Waals surface area contributed by atoms with Crippen molar-refractivity contribution in [2.45, 2.75) is 6.54 Å². The van der Waals surface area contributed by atoms with Crippen LogP contribution in [0.1, 0.15) is 5.56 Å². The Morgan fingerprint density at radius 1 is 1.28 bits per heavy atom. The van der Waals surface area contributed by atoms with Gasteiger partial charge >= 0.3 is 0 Å². The minimum absolute atomic E-state index is 0.112. The van der Waals surface area contributed by atoms with E-state index in [0.717, 1.165) is 5.56 Å². The molecule has 0 aliphatic carbocycles. The molecule has 2 nitrogen and oxygen atoms in total. The third-order valence-corrected chi connectivity index (χ3v) is 3.17. The van der Waals surface area contributed by atoms with Gasteiger partial charge in [0.1, 0.15) is 0 Å². The van der Waals surface area contributed by atoms with E-state index in [4.69, 9.17) is 22.1 Å². The van der Waals surface area contributed by atoms with Crippen LogP contribution in [0.3, 0.4) is 0 Å².